The van der Waals surface area contributed by atoms with Gasteiger partial charge in [0.15, 0.2) is 5.76 Å². The van der Waals surface area contributed by atoms with Gasteiger partial charge in [0.05, 0.1) is 24.4 Å². The third kappa shape index (κ3) is 5.86. The number of likely N-dealkylation sites (N-methyl/N-ethyl adjacent to an activating group) is 1. The zero-order valence-corrected chi connectivity index (χ0v) is 26.1. The summed E-state index contributed by atoms with van der Waals surface area (Å²) in [7, 11) is 3.57. The number of hydrogen-bond donors (Lipinski definition) is 0. The maximum Gasteiger partial charge on any atom is 0.318 e. The average molecular weight is 616 g/mol. The molecular weight excluding hydrogens is 578 g/mol. The highest BCUT2D eigenvalue weighted by Gasteiger charge is 2.36. The van der Waals surface area contributed by atoms with E-state index in [1.54, 1.807) is 4.90 Å². The first kappa shape index (κ1) is 30.0. The highest BCUT2D eigenvalue weighted by atomic mass is 35.5. The number of anilines is 2. The van der Waals surface area contributed by atoms with Crippen molar-refractivity contribution in [2.45, 2.75) is 37.9 Å². The Kier molecular flexibility index (Phi) is 8.78. The van der Waals surface area contributed by atoms with E-state index in [0.29, 0.717) is 44.8 Å². The van der Waals surface area contributed by atoms with E-state index in [4.69, 9.17) is 37.6 Å². The molecule has 2 saturated heterocycles. The van der Waals surface area contributed by atoms with E-state index in [-0.39, 0.29) is 24.3 Å². The first-order chi connectivity index (χ1) is 21.4. The van der Waals surface area contributed by atoms with E-state index in [1.807, 2.05) is 12.1 Å². The number of carbonyl (C=O) groups excluding carboxylic acids is 1. The normalized spacial score (nSPS) is 20.4. The van der Waals surface area contributed by atoms with Crippen LogP contribution in [0.4, 0.5) is 11.5 Å². The molecule has 0 aliphatic carbocycles. The number of hydrogen-bond acceptors (Lipinski definition) is 8. The number of aromatic nitrogens is 2. The first-order valence-corrected chi connectivity index (χ1v) is 15.5. The highest BCUT2D eigenvalue weighted by Crippen LogP contribution is 2.37. The van der Waals surface area contributed by atoms with Crippen LogP contribution < -0.4 is 14.5 Å². The second kappa shape index (κ2) is 12.9. The van der Waals surface area contributed by atoms with Crippen LogP contribution in [0.2, 0.25) is 5.02 Å². The predicted octanol–water partition coefficient (Wildman–Crippen LogP) is 4.42. The standard InChI is InChI=1S/C33H38ClN7O3/c1-22(43-4)32(42)41-17-16-40(19-25(41)18-35-2)31-26-13-15-39(29-12-6-9-23-8-5-11-27(34)30(23)29)20-28(26)36-33(37-31)44-21-24-10-7-14-38(24)3/h5-6,8-9,11-12,24-25H,1,7,10,13-21H2,3-4H3/t24-,25-/m0/s1. The predicted molar refractivity (Wildman–Crippen MR) is 172 cm³/mol. The summed E-state index contributed by atoms with van der Waals surface area (Å²) in [5.41, 5.74) is 3.09. The number of ether oxygens (including phenoxy) is 2. The Morgan fingerprint density at radius 1 is 1.11 bits per heavy atom. The molecule has 44 heavy (non-hydrogen) atoms. The highest BCUT2D eigenvalue weighted by molar-refractivity contribution is 6.36. The van der Waals surface area contributed by atoms with Crippen LogP contribution in [0, 0.1) is 6.57 Å². The largest absolute Gasteiger partial charge is 0.492 e. The van der Waals surface area contributed by atoms with Gasteiger partial charge in [-0.3, -0.25) is 4.79 Å². The minimum Gasteiger partial charge on any atom is -0.492 e. The zero-order chi connectivity index (χ0) is 30.8. The Morgan fingerprint density at radius 2 is 1.93 bits per heavy atom. The number of likely N-dealkylation sites (tertiary alicyclic amines) is 1. The summed E-state index contributed by atoms with van der Waals surface area (Å²) in [6.07, 6.45) is 2.99. The Labute approximate surface area is 263 Å². The van der Waals surface area contributed by atoms with Gasteiger partial charge in [0.1, 0.15) is 18.5 Å². The van der Waals surface area contributed by atoms with Gasteiger partial charge in [-0.05, 0) is 50.4 Å². The second-order valence-electron chi connectivity index (χ2n) is 11.7. The Balaban J connectivity index is 1.33. The van der Waals surface area contributed by atoms with E-state index < -0.39 is 0 Å². The van der Waals surface area contributed by atoms with Gasteiger partial charge in [-0.15, -0.1) is 0 Å². The van der Waals surface area contributed by atoms with Crippen molar-refractivity contribution in [1.82, 2.24) is 19.8 Å². The molecule has 2 aromatic carbocycles. The van der Waals surface area contributed by atoms with Crippen molar-refractivity contribution in [3.05, 3.63) is 76.4 Å². The van der Waals surface area contributed by atoms with Crippen molar-refractivity contribution in [2.75, 3.05) is 69.8 Å². The third-order valence-corrected chi connectivity index (χ3v) is 9.42. The zero-order valence-electron chi connectivity index (χ0n) is 25.3. The van der Waals surface area contributed by atoms with Gasteiger partial charge in [-0.25, -0.2) is 6.57 Å². The van der Waals surface area contributed by atoms with Gasteiger partial charge in [-0.2, -0.15) is 9.97 Å². The fraction of sp³-hybridized carbons (Fsp3) is 0.455. The van der Waals surface area contributed by atoms with Crippen LogP contribution in [0.5, 0.6) is 6.01 Å². The molecule has 0 bridgehead atoms. The fourth-order valence-electron chi connectivity index (χ4n) is 6.64. The molecule has 0 saturated carbocycles. The van der Waals surface area contributed by atoms with Crippen LogP contribution in [-0.4, -0.2) is 97.8 Å². The lowest BCUT2D eigenvalue weighted by atomic mass is 10.0. The average Bonchev–Trinajstić information content (AvgIpc) is 3.46. The van der Waals surface area contributed by atoms with Gasteiger partial charge >= 0.3 is 6.01 Å². The number of amides is 1. The maximum atomic E-state index is 13.0. The molecule has 6 rings (SSSR count). The molecule has 3 aliphatic heterocycles. The lowest BCUT2D eigenvalue weighted by Crippen LogP contribution is -2.57. The van der Waals surface area contributed by atoms with Gasteiger partial charge in [0.2, 0.25) is 6.54 Å². The summed E-state index contributed by atoms with van der Waals surface area (Å²) in [6.45, 7) is 15.9. The summed E-state index contributed by atoms with van der Waals surface area (Å²) in [4.78, 5) is 35.1. The molecule has 11 heteroatoms. The van der Waals surface area contributed by atoms with Crippen LogP contribution in [0.3, 0.4) is 0 Å². The second-order valence-corrected chi connectivity index (χ2v) is 12.1. The van der Waals surface area contributed by atoms with Crippen LogP contribution >= 0.6 is 11.6 Å². The van der Waals surface area contributed by atoms with Gasteiger partial charge in [-0.1, -0.05) is 42.4 Å². The Bertz CT molecular complexity index is 1600. The molecule has 4 heterocycles. The minimum absolute atomic E-state index is 0.0778. The summed E-state index contributed by atoms with van der Waals surface area (Å²) >= 11 is 6.71. The third-order valence-electron chi connectivity index (χ3n) is 9.10. The van der Waals surface area contributed by atoms with Crippen molar-refractivity contribution in [2.24, 2.45) is 0 Å². The quantitative estimate of drug-likeness (QED) is 0.209. The lowest BCUT2D eigenvalue weighted by Gasteiger charge is -2.41. The van der Waals surface area contributed by atoms with Crippen LogP contribution in [0.1, 0.15) is 24.1 Å². The number of carbonyl (C=O) groups is 1. The molecule has 10 nitrogen and oxygen atoms in total. The summed E-state index contributed by atoms with van der Waals surface area (Å²) < 4.78 is 11.4. The molecule has 1 aromatic heterocycles. The van der Waals surface area contributed by atoms with E-state index in [2.05, 4.69) is 57.4 Å². The monoisotopic (exact) mass is 615 g/mol. The van der Waals surface area contributed by atoms with Crippen LogP contribution in [0.15, 0.2) is 48.7 Å². The number of halogens is 1. The van der Waals surface area contributed by atoms with Crippen molar-refractivity contribution in [3.63, 3.8) is 0 Å². The molecule has 0 radical (unpaired) electrons. The van der Waals surface area contributed by atoms with Crippen molar-refractivity contribution in [3.8, 4) is 6.01 Å². The molecule has 230 valence electrons. The maximum absolute atomic E-state index is 13.0. The van der Waals surface area contributed by atoms with E-state index in [1.165, 1.54) is 7.11 Å². The topological polar surface area (TPSA) is 78.6 Å². The molecule has 0 N–H and O–H groups in total. The van der Waals surface area contributed by atoms with E-state index in [0.717, 1.165) is 70.9 Å². The number of rotatable bonds is 8. The smallest absolute Gasteiger partial charge is 0.318 e. The number of benzene rings is 2. The van der Waals surface area contributed by atoms with Crippen LogP contribution in [0.25, 0.3) is 15.6 Å². The van der Waals surface area contributed by atoms with Gasteiger partial charge in [0.25, 0.3) is 5.91 Å². The van der Waals surface area contributed by atoms with Crippen molar-refractivity contribution < 1.29 is 14.3 Å². The van der Waals surface area contributed by atoms with Crippen LogP contribution in [-0.2, 0) is 22.5 Å². The molecule has 2 atom stereocenters. The minimum atomic E-state index is -0.319. The molecule has 3 aliphatic rings. The summed E-state index contributed by atoms with van der Waals surface area (Å²) in [5.74, 6) is 0.627. The summed E-state index contributed by atoms with van der Waals surface area (Å²) in [6, 6.07) is 12.6. The Morgan fingerprint density at radius 3 is 2.68 bits per heavy atom. The van der Waals surface area contributed by atoms with Crippen molar-refractivity contribution >= 4 is 39.8 Å². The molecule has 2 fully saturated rings. The SMILES string of the molecule is [C-]#[N+]C[C@H]1CN(c2nc(OC[C@@H]3CCCN3C)nc3c2CCN(c2cccc4cccc(Cl)c24)C3)CCN1C(=O)C(=C)OC. The number of fused-ring (bicyclic) bond motifs is 2. The Hall–Kier alpha value is -4.07. The number of methoxy groups -OCH3 is 1. The van der Waals surface area contributed by atoms with E-state index in [9.17, 15) is 4.79 Å². The van der Waals surface area contributed by atoms with Gasteiger partial charge < -0.3 is 33.9 Å². The van der Waals surface area contributed by atoms with E-state index >= 15 is 0 Å². The fourth-order valence-corrected chi connectivity index (χ4v) is 6.92. The lowest BCUT2D eigenvalue weighted by molar-refractivity contribution is -0.132. The number of piperazine rings is 1. The molecule has 3 aromatic rings. The van der Waals surface area contributed by atoms with Gasteiger partial charge in [0, 0.05) is 48.9 Å². The van der Waals surface area contributed by atoms with Crippen molar-refractivity contribution in [1.29, 1.82) is 0 Å². The summed E-state index contributed by atoms with van der Waals surface area (Å²) in [5, 5.41) is 2.87. The molecular formula is C33H38ClN7O3. The number of nitrogens with zero attached hydrogens (tertiary/aromatic N) is 7. The molecule has 0 unspecified atom stereocenters. The molecule has 1 amide bonds. The molecule has 0 spiro atoms. The first-order valence-electron chi connectivity index (χ1n) is 15.1.